The molecule has 1 saturated heterocycles. The quantitative estimate of drug-likeness (QED) is 0.883. The molecule has 1 aromatic rings. The molecule has 0 radical (unpaired) electrons. The lowest BCUT2D eigenvalue weighted by atomic mass is 10.1. The molecule has 1 aliphatic rings. The molecular weight excluding hydrogens is 236 g/mol. The van der Waals surface area contributed by atoms with E-state index in [1.165, 1.54) is 5.56 Å². The van der Waals surface area contributed by atoms with Gasteiger partial charge in [0.2, 0.25) is 5.91 Å². The summed E-state index contributed by atoms with van der Waals surface area (Å²) in [7, 11) is 0. The third kappa shape index (κ3) is 2.98. The van der Waals surface area contributed by atoms with E-state index in [0.717, 1.165) is 19.4 Å². The monoisotopic (exact) mass is 260 g/mol. The van der Waals surface area contributed by atoms with Gasteiger partial charge >= 0.3 is 0 Å². The van der Waals surface area contributed by atoms with Crippen LogP contribution in [0.25, 0.3) is 0 Å². The first-order valence-electron chi connectivity index (χ1n) is 7.26. The molecular formula is C16H24N2O. The molecule has 1 heterocycles. The van der Waals surface area contributed by atoms with E-state index in [1.54, 1.807) is 0 Å². The predicted octanol–water partition coefficient (Wildman–Crippen LogP) is 2.94. The molecule has 3 heteroatoms. The Bertz CT molecular complexity index is 416. The minimum absolute atomic E-state index is 0.0349. The van der Waals surface area contributed by atoms with Gasteiger partial charge in [-0.15, -0.1) is 0 Å². The van der Waals surface area contributed by atoms with Crippen LogP contribution in [0.3, 0.4) is 0 Å². The second-order valence-electron chi connectivity index (χ2n) is 5.59. The molecule has 104 valence electrons. The van der Waals surface area contributed by atoms with Gasteiger partial charge in [0.15, 0.2) is 0 Å². The fourth-order valence-electron chi connectivity index (χ4n) is 2.59. The summed E-state index contributed by atoms with van der Waals surface area (Å²) < 4.78 is 0. The smallest absolute Gasteiger partial charge is 0.241 e. The van der Waals surface area contributed by atoms with Crippen molar-refractivity contribution in [2.75, 3.05) is 6.54 Å². The molecule has 2 atom stereocenters. The van der Waals surface area contributed by atoms with Crippen LogP contribution in [0, 0.1) is 5.92 Å². The summed E-state index contributed by atoms with van der Waals surface area (Å²) in [6, 6.07) is 10.2. The molecule has 0 bridgehead atoms. The van der Waals surface area contributed by atoms with E-state index in [1.807, 2.05) is 23.1 Å². The maximum absolute atomic E-state index is 12.5. The Balaban J connectivity index is 2.22. The molecule has 2 rings (SSSR count). The lowest BCUT2D eigenvalue weighted by Gasteiger charge is -2.24. The second-order valence-corrected chi connectivity index (χ2v) is 5.59. The highest BCUT2D eigenvalue weighted by molar-refractivity contribution is 5.84. The molecule has 1 aliphatic heterocycles. The Morgan fingerprint density at radius 3 is 2.53 bits per heavy atom. The Morgan fingerprint density at radius 1 is 1.26 bits per heavy atom. The molecule has 2 unspecified atom stereocenters. The van der Waals surface area contributed by atoms with Crippen molar-refractivity contribution < 1.29 is 4.79 Å². The third-order valence-electron chi connectivity index (χ3n) is 3.73. The SMILES string of the molecule is CCCCN1C(=O)C(C(C)C)NC1c1ccccc1. The van der Waals surface area contributed by atoms with Gasteiger partial charge in [0.1, 0.15) is 6.17 Å². The number of carbonyl (C=O) groups is 1. The van der Waals surface area contributed by atoms with E-state index in [0.29, 0.717) is 5.92 Å². The molecule has 0 aromatic heterocycles. The predicted molar refractivity (Wildman–Crippen MR) is 77.6 cm³/mol. The molecule has 19 heavy (non-hydrogen) atoms. The maximum Gasteiger partial charge on any atom is 0.241 e. The Labute approximate surface area is 116 Å². The van der Waals surface area contributed by atoms with Crippen LogP contribution in [0.5, 0.6) is 0 Å². The molecule has 1 amide bonds. The lowest BCUT2D eigenvalue weighted by Crippen LogP contribution is -2.34. The summed E-state index contributed by atoms with van der Waals surface area (Å²) in [5, 5.41) is 3.49. The van der Waals surface area contributed by atoms with E-state index >= 15 is 0 Å². The number of benzene rings is 1. The highest BCUT2D eigenvalue weighted by Crippen LogP contribution is 2.28. The summed E-state index contributed by atoms with van der Waals surface area (Å²) in [5.41, 5.74) is 1.18. The number of nitrogens with zero attached hydrogens (tertiary/aromatic N) is 1. The lowest BCUT2D eigenvalue weighted by molar-refractivity contribution is -0.130. The fourth-order valence-corrected chi connectivity index (χ4v) is 2.59. The van der Waals surface area contributed by atoms with Crippen LogP contribution in [0.2, 0.25) is 0 Å². The average Bonchev–Trinajstić information content (AvgIpc) is 2.75. The molecule has 1 fully saturated rings. The van der Waals surface area contributed by atoms with E-state index in [-0.39, 0.29) is 18.1 Å². The minimum Gasteiger partial charge on any atom is -0.322 e. The highest BCUT2D eigenvalue weighted by Gasteiger charge is 2.40. The van der Waals surface area contributed by atoms with Crippen molar-refractivity contribution in [1.82, 2.24) is 10.2 Å². The highest BCUT2D eigenvalue weighted by atomic mass is 16.2. The van der Waals surface area contributed by atoms with Crippen LogP contribution < -0.4 is 5.32 Å². The van der Waals surface area contributed by atoms with Crippen molar-refractivity contribution >= 4 is 5.91 Å². The topological polar surface area (TPSA) is 32.3 Å². The number of rotatable bonds is 5. The summed E-state index contributed by atoms with van der Waals surface area (Å²) >= 11 is 0. The van der Waals surface area contributed by atoms with E-state index in [4.69, 9.17) is 0 Å². The number of carbonyl (C=O) groups excluding carboxylic acids is 1. The van der Waals surface area contributed by atoms with E-state index in [2.05, 4.69) is 38.2 Å². The molecule has 0 spiro atoms. The number of hydrogen-bond donors (Lipinski definition) is 1. The number of amides is 1. The fraction of sp³-hybridized carbons (Fsp3) is 0.562. The summed E-state index contributed by atoms with van der Waals surface area (Å²) in [6.45, 7) is 7.19. The minimum atomic E-state index is -0.0536. The Morgan fingerprint density at radius 2 is 1.95 bits per heavy atom. The first kappa shape index (κ1) is 14.1. The van der Waals surface area contributed by atoms with Crippen LogP contribution in [0.15, 0.2) is 30.3 Å². The van der Waals surface area contributed by atoms with Crippen LogP contribution in [-0.4, -0.2) is 23.4 Å². The summed E-state index contributed by atoms with van der Waals surface area (Å²) in [6.07, 6.45) is 2.20. The van der Waals surface area contributed by atoms with Gasteiger partial charge in [0, 0.05) is 6.54 Å². The van der Waals surface area contributed by atoms with Crippen molar-refractivity contribution in [3.05, 3.63) is 35.9 Å². The summed E-state index contributed by atoms with van der Waals surface area (Å²) in [4.78, 5) is 14.5. The largest absolute Gasteiger partial charge is 0.322 e. The average molecular weight is 260 g/mol. The standard InChI is InChI=1S/C16H24N2O/c1-4-5-11-18-15(13-9-7-6-8-10-13)17-14(12(2)3)16(18)19/h6-10,12,14-15,17H,4-5,11H2,1-3H3. The van der Waals surface area contributed by atoms with Crippen LogP contribution in [0.4, 0.5) is 0 Å². The molecule has 0 saturated carbocycles. The number of unbranched alkanes of at least 4 members (excludes halogenated alkanes) is 1. The normalized spacial score (nSPS) is 23.4. The van der Waals surface area contributed by atoms with Gasteiger partial charge in [-0.2, -0.15) is 0 Å². The van der Waals surface area contributed by atoms with Gasteiger partial charge < -0.3 is 4.90 Å². The Kier molecular flexibility index (Phi) is 4.59. The Hall–Kier alpha value is -1.35. The maximum atomic E-state index is 12.5. The van der Waals surface area contributed by atoms with Gasteiger partial charge in [-0.05, 0) is 17.9 Å². The van der Waals surface area contributed by atoms with Gasteiger partial charge in [-0.1, -0.05) is 57.5 Å². The van der Waals surface area contributed by atoms with E-state index < -0.39 is 0 Å². The zero-order chi connectivity index (χ0) is 13.8. The van der Waals surface area contributed by atoms with Crippen molar-refractivity contribution in [3.63, 3.8) is 0 Å². The van der Waals surface area contributed by atoms with Gasteiger partial charge in [0.25, 0.3) is 0 Å². The first-order valence-corrected chi connectivity index (χ1v) is 7.26. The zero-order valence-corrected chi connectivity index (χ0v) is 12.1. The van der Waals surface area contributed by atoms with Crippen molar-refractivity contribution in [1.29, 1.82) is 0 Å². The van der Waals surface area contributed by atoms with Crippen molar-refractivity contribution in [2.24, 2.45) is 5.92 Å². The molecule has 1 N–H and O–H groups in total. The zero-order valence-electron chi connectivity index (χ0n) is 12.1. The van der Waals surface area contributed by atoms with Gasteiger partial charge in [0.05, 0.1) is 6.04 Å². The first-order chi connectivity index (χ1) is 9.15. The van der Waals surface area contributed by atoms with Crippen LogP contribution in [0.1, 0.15) is 45.3 Å². The van der Waals surface area contributed by atoms with Crippen LogP contribution >= 0.6 is 0 Å². The van der Waals surface area contributed by atoms with E-state index in [9.17, 15) is 4.79 Å². The molecule has 1 aromatic carbocycles. The molecule has 3 nitrogen and oxygen atoms in total. The van der Waals surface area contributed by atoms with Crippen molar-refractivity contribution in [3.8, 4) is 0 Å². The molecule has 0 aliphatic carbocycles. The summed E-state index contributed by atoms with van der Waals surface area (Å²) in [5.74, 6) is 0.572. The van der Waals surface area contributed by atoms with Gasteiger partial charge in [-0.3, -0.25) is 10.1 Å². The number of hydrogen-bond acceptors (Lipinski definition) is 2. The number of nitrogens with one attached hydrogen (secondary N) is 1. The van der Waals surface area contributed by atoms with Crippen LogP contribution in [-0.2, 0) is 4.79 Å². The second kappa shape index (κ2) is 6.20. The van der Waals surface area contributed by atoms with Gasteiger partial charge in [-0.25, -0.2) is 0 Å². The third-order valence-corrected chi connectivity index (χ3v) is 3.73. The van der Waals surface area contributed by atoms with Crippen molar-refractivity contribution in [2.45, 2.75) is 45.8 Å².